The summed E-state index contributed by atoms with van der Waals surface area (Å²) < 4.78 is 13.8. The fraction of sp³-hybridized carbons (Fsp3) is 0.316. The van der Waals surface area contributed by atoms with E-state index in [0.717, 1.165) is 46.0 Å². The van der Waals surface area contributed by atoms with E-state index in [1.165, 1.54) is 0 Å². The molecule has 5 rings (SSSR count). The Bertz CT molecular complexity index is 1170. The average Bonchev–Trinajstić information content (AvgIpc) is 3.31. The molecule has 0 saturated carbocycles. The smallest absolute Gasteiger partial charge is 0.282 e. The van der Waals surface area contributed by atoms with Crippen molar-refractivity contribution in [2.24, 2.45) is 5.41 Å². The molecule has 4 aromatic rings. The zero-order valence-electron chi connectivity index (χ0n) is 14.8. The molecule has 8 heteroatoms. The molecule has 0 spiro atoms. The third-order valence-electron chi connectivity index (χ3n) is 5.11. The van der Waals surface area contributed by atoms with Gasteiger partial charge in [-0.05, 0) is 41.6 Å². The average molecular weight is 448 g/mol. The first-order valence-electron chi connectivity index (χ1n) is 8.69. The van der Waals surface area contributed by atoms with E-state index in [9.17, 15) is 0 Å². The van der Waals surface area contributed by atoms with Crippen LogP contribution in [0.25, 0.3) is 28.4 Å². The first-order chi connectivity index (χ1) is 12.9. The van der Waals surface area contributed by atoms with Gasteiger partial charge in [-0.2, -0.15) is 4.98 Å². The van der Waals surface area contributed by atoms with Crippen LogP contribution in [0, 0.1) is 5.41 Å². The number of nitrogens with zero attached hydrogens (tertiary/aromatic N) is 4. The molecule has 0 unspecified atom stereocenters. The summed E-state index contributed by atoms with van der Waals surface area (Å²) in [6.07, 6.45) is 4.62. The summed E-state index contributed by atoms with van der Waals surface area (Å²) in [7, 11) is 0. The van der Waals surface area contributed by atoms with Crippen LogP contribution in [0.2, 0.25) is 5.02 Å². The van der Waals surface area contributed by atoms with Crippen LogP contribution >= 0.6 is 27.5 Å². The fourth-order valence-corrected chi connectivity index (χ4v) is 4.24. The quantitative estimate of drug-likeness (QED) is 0.400. The lowest BCUT2D eigenvalue weighted by Gasteiger charge is -2.27. The Labute approximate surface area is 168 Å². The molecule has 0 N–H and O–H groups in total. The molecule has 0 radical (unpaired) electrons. The number of aromatic nitrogens is 4. The van der Waals surface area contributed by atoms with E-state index >= 15 is 0 Å². The Morgan fingerprint density at radius 2 is 2.07 bits per heavy atom. The van der Waals surface area contributed by atoms with Crippen molar-refractivity contribution in [1.82, 2.24) is 19.9 Å². The van der Waals surface area contributed by atoms with E-state index in [1.807, 2.05) is 22.8 Å². The Morgan fingerprint density at radius 1 is 1.22 bits per heavy atom. The van der Waals surface area contributed by atoms with Crippen molar-refractivity contribution in [2.75, 3.05) is 0 Å². The Morgan fingerprint density at radius 3 is 2.93 bits per heavy atom. The minimum absolute atomic E-state index is 0.221. The fourth-order valence-electron chi connectivity index (χ4n) is 3.63. The molecule has 3 heterocycles. The van der Waals surface area contributed by atoms with Gasteiger partial charge in [-0.3, -0.25) is 4.57 Å². The second-order valence-electron chi connectivity index (χ2n) is 7.68. The van der Waals surface area contributed by atoms with Crippen molar-refractivity contribution in [3.8, 4) is 17.5 Å². The van der Waals surface area contributed by atoms with Crippen molar-refractivity contribution in [3.63, 3.8) is 0 Å². The third kappa shape index (κ3) is 2.80. The summed E-state index contributed by atoms with van der Waals surface area (Å²) >= 11 is 9.84. The number of fused-ring (bicyclic) bond motifs is 2. The molecule has 27 heavy (non-hydrogen) atoms. The molecule has 0 fully saturated rings. The number of benzene rings is 1. The molecule has 6 nitrogen and oxygen atoms in total. The molecule has 0 amide bonds. The minimum Gasteiger partial charge on any atom is -0.360 e. The third-order valence-corrected chi connectivity index (χ3v) is 5.91. The zero-order chi connectivity index (χ0) is 18.8. The highest BCUT2D eigenvalue weighted by Crippen LogP contribution is 2.39. The van der Waals surface area contributed by atoms with Gasteiger partial charge in [0.2, 0.25) is 0 Å². The Kier molecular flexibility index (Phi) is 3.74. The summed E-state index contributed by atoms with van der Waals surface area (Å²) in [5.41, 5.74) is 2.84. The van der Waals surface area contributed by atoms with Gasteiger partial charge in [-0.15, -0.1) is 0 Å². The van der Waals surface area contributed by atoms with Gasteiger partial charge in [0.1, 0.15) is 5.76 Å². The summed E-state index contributed by atoms with van der Waals surface area (Å²) in [4.78, 5) is 4.55. The van der Waals surface area contributed by atoms with Crippen LogP contribution in [0.15, 0.2) is 37.9 Å². The second-order valence-corrected chi connectivity index (χ2v) is 9.00. The highest BCUT2D eigenvalue weighted by molar-refractivity contribution is 9.10. The monoisotopic (exact) mass is 446 g/mol. The summed E-state index contributed by atoms with van der Waals surface area (Å²) in [6.45, 7) is 4.48. The normalized spacial score (nSPS) is 16.0. The van der Waals surface area contributed by atoms with E-state index in [-0.39, 0.29) is 5.41 Å². The van der Waals surface area contributed by atoms with Crippen LogP contribution in [0.3, 0.4) is 0 Å². The maximum atomic E-state index is 6.37. The lowest BCUT2D eigenvalue weighted by Crippen LogP contribution is -2.21. The minimum atomic E-state index is 0.221. The van der Waals surface area contributed by atoms with E-state index in [2.05, 4.69) is 45.1 Å². The molecular formula is C19H16BrClN4O2. The SMILES string of the molecule is CC1(C)CCc2c(-c3nc(-n4cc(Cl)c5cc(Br)ccc54)no3)noc2C1. The topological polar surface area (TPSA) is 69.9 Å². The van der Waals surface area contributed by atoms with E-state index in [4.69, 9.17) is 20.6 Å². The van der Waals surface area contributed by atoms with E-state index in [1.54, 1.807) is 6.20 Å². The molecule has 1 aliphatic carbocycles. The highest BCUT2D eigenvalue weighted by Gasteiger charge is 2.32. The standard InChI is InChI=1S/C19H16BrClN4O2/c1-19(2)6-5-11-15(8-19)26-23-16(11)17-22-18(24-27-17)25-9-13(21)12-7-10(20)3-4-14(12)25/h3-4,7,9H,5-6,8H2,1-2H3. The van der Waals surface area contributed by atoms with Crippen LogP contribution in [-0.4, -0.2) is 19.9 Å². The molecule has 0 bridgehead atoms. The van der Waals surface area contributed by atoms with E-state index < -0.39 is 0 Å². The molecule has 0 aliphatic heterocycles. The van der Waals surface area contributed by atoms with Crippen molar-refractivity contribution in [2.45, 2.75) is 33.1 Å². The molecule has 1 aromatic carbocycles. The van der Waals surface area contributed by atoms with Crippen molar-refractivity contribution < 1.29 is 9.05 Å². The van der Waals surface area contributed by atoms with Crippen molar-refractivity contribution in [3.05, 3.63) is 45.2 Å². The van der Waals surface area contributed by atoms with Crippen molar-refractivity contribution in [1.29, 1.82) is 0 Å². The predicted molar refractivity (Wildman–Crippen MR) is 105 cm³/mol. The predicted octanol–water partition coefficient (Wildman–Crippen LogP) is 5.60. The highest BCUT2D eigenvalue weighted by atomic mass is 79.9. The van der Waals surface area contributed by atoms with Gasteiger partial charge in [0.25, 0.3) is 11.8 Å². The largest absolute Gasteiger partial charge is 0.360 e. The second kappa shape index (κ2) is 5.94. The lowest BCUT2D eigenvalue weighted by molar-refractivity contribution is 0.264. The first-order valence-corrected chi connectivity index (χ1v) is 9.86. The van der Waals surface area contributed by atoms with Crippen LogP contribution in [0.4, 0.5) is 0 Å². The number of halogens is 2. The van der Waals surface area contributed by atoms with Crippen LogP contribution in [0.5, 0.6) is 0 Å². The maximum absolute atomic E-state index is 6.37. The van der Waals surface area contributed by atoms with Crippen LogP contribution in [-0.2, 0) is 12.8 Å². The first kappa shape index (κ1) is 17.0. The molecule has 0 saturated heterocycles. The van der Waals surface area contributed by atoms with Gasteiger partial charge in [0.05, 0.1) is 10.5 Å². The molecule has 0 atom stereocenters. The summed E-state index contributed by atoms with van der Waals surface area (Å²) in [5, 5.41) is 9.88. The zero-order valence-corrected chi connectivity index (χ0v) is 17.1. The lowest BCUT2D eigenvalue weighted by atomic mass is 9.77. The maximum Gasteiger partial charge on any atom is 0.282 e. The van der Waals surface area contributed by atoms with E-state index in [0.29, 0.717) is 22.6 Å². The molecule has 138 valence electrons. The van der Waals surface area contributed by atoms with Gasteiger partial charge >= 0.3 is 0 Å². The van der Waals surface area contributed by atoms with Crippen LogP contribution in [0.1, 0.15) is 31.6 Å². The van der Waals surface area contributed by atoms with Gasteiger partial charge in [0.15, 0.2) is 5.69 Å². The van der Waals surface area contributed by atoms with Crippen molar-refractivity contribution >= 4 is 38.4 Å². The number of hydrogen-bond acceptors (Lipinski definition) is 5. The van der Waals surface area contributed by atoms with Gasteiger partial charge in [-0.1, -0.05) is 46.5 Å². The Hall–Kier alpha value is -2.12. The van der Waals surface area contributed by atoms with Gasteiger partial charge < -0.3 is 9.05 Å². The molecule has 1 aliphatic rings. The summed E-state index contributed by atoms with van der Waals surface area (Å²) in [6, 6.07) is 5.87. The Balaban J connectivity index is 1.56. The van der Waals surface area contributed by atoms with Crippen LogP contribution < -0.4 is 0 Å². The van der Waals surface area contributed by atoms with Gasteiger partial charge in [-0.25, -0.2) is 0 Å². The van der Waals surface area contributed by atoms with Gasteiger partial charge in [0, 0.05) is 28.0 Å². The molecule has 3 aromatic heterocycles. The summed E-state index contributed by atoms with van der Waals surface area (Å²) in [5.74, 6) is 1.70. The number of hydrogen-bond donors (Lipinski definition) is 0. The molecular weight excluding hydrogens is 432 g/mol. The number of rotatable bonds is 2.